The number of aromatic nitrogens is 4. The summed E-state index contributed by atoms with van der Waals surface area (Å²) in [7, 11) is -2.06. The first-order valence-corrected chi connectivity index (χ1v) is 7.93. The van der Waals surface area contributed by atoms with Gasteiger partial charge in [-0.25, -0.2) is 13.4 Å². The Balaban J connectivity index is 2.10. The van der Waals surface area contributed by atoms with Crippen molar-refractivity contribution in [2.75, 3.05) is 0 Å². The highest BCUT2D eigenvalue weighted by molar-refractivity contribution is 7.89. The minimum absolute atomic E-state index is 0.0961. The van der Waals surface area contributed by atoms with E-state index in [1.54, 1.807) is 7.05 Å². The second-order valence-electron chi connectivity index (χ2n) is 4.04. The predicted molar refractivity (Wildman–Crippen MR) is 64.4 cm³/mol. The second kappa shape index (κ2) is 5.13. The van der Waals surface area contributed by atoms with Crippen molar-refractivity contribution in [3.05, 3.63) is 28.0 Å². The molecule has 0 saturated carbocycles. The van der Waals surface area contributed by atoms with Gasteiger partial charge >= 0.3 is 6.18 Å². The van der Waals surface area contributed by atoms with Crippen LogP contribution in [0.2, 0.25) is 0 Å². The van der Waals surface area contributed by atoms with Crippen LogP contribution in [-0.2, 0) is 34.6 Å². The number of rotatable bonds is 4. The molecule has 0 N–H and O–H groups in total. The standard InChI is InChI=1S/C9H9F3N4O2S2/c1-16-2-6(14-15-16)4-20(17,18)5-8-13-7(3-19-8)9(10,11)12/h2-3H,4-5H2,1H3. The SMILES string of the molecule is Cn1cc(CS(=O)(=O)Cc2nc(C(F)(F)F)cs2)nn1. The second-order valence-corrected chi connectivity index (χ2v) is 7.05. The third kappa shape index (κ3) is 3.76. The molecule has 0 saturated heterocycles. The molecule has 0 aliphatic heterocycles. The average Bonchev–Trinajstić information content (AvgIpc) is 2.86. The van der Waals surface area contributed by atoms with Gasteiger partial charge < -0.3 is 0 Å². The lowest BCUT2D eigenvalue weighted by molar-refractivity contribution is -0.140. The summed E-state index contributed by atoms with van der Waals surface area (Å²) in [4.78, 5) is 3.29. The van der Waals surface area contributed by atoms with E-state index in [0.29, 0.717) is 11.3 Å². The van der Waals surface area contributed by atoms with E-state index in [1.807, 2.05) is 0 Å². The van der Waals surface area contributed by atoms with E-state index in [0.717, 1.165) is 5.38 Å². The van der Waals surface area contributed by atoms with E-state index in [9.17, 15) is 21.6 Å². The molecule has 0 atom stereocenters. The van der Waals surface area contributed by atoms with Gasteiger partial charge in [-0.15, -0.1) is 16.4 Å². The molecule has 0 fully saturated rings. The fraction of sp³-hybridized carbons (Fsp3) is 0.444. The predicted octanol–water partition coefficient (Wildman–Crippen LogP) is 1.41. The van der Waals surface area contributed by atoms with Gasteiger partial charge in [0.2, 0.25) is 0 Å². The van der Waals surface area contributed by atoms with Crippen LogP contribution in [0.4, 0.5) is 13.2 Å². The summed E-state index contributed by atoms with van der Waals surface area (Å²) in [6.07, 6.45) is -3.13. The summed E-state index contributed by atoms with van der Waals surface area (Å²) >= 11 is 0.668. The van der Waals surface area contributed by atoms with Crippen LogP contribution < -0.4 is 0 Å². The first-order valence-electron chi connectivity index (χ1n) is 5.23. The van der Waals surface area contributed by atoms with E-state index in [-0.39, 0.29) is 16.5 Å². The van der Waals surface area contributed by atoms with Crippen LogP contribution in [0.25, 0.3) is 0 Å². The minimum Gasteiger partial charge on any atom is -0.255 e. The van der Waals surface area contributed by atoms with E-state index in [4.69, 9.17) is 0 Å². The Morgan fingerprint density at radius 3 is 2.55 bits per heavy atom. The van der Waals surface area contributed by atoms with Crippen molar-refractivity contribution in [2.45, 2.75) is 17.7 Å². The normalized spacial score (nSPS) is 12.8. The zero-order valence-corrected chi connectivity index (χ0v) is 11.8. The van der Waals surface area contributed by atoms with Crippen LogP contribution in [-0.4, -0.2) is 28.4 Å². The fourth-order valence-electron chi connectivity index (χ4n) is 1.43. The smallest absolute Gasteiger partial charge is 0.255 e. The first-order chi connectivity index (χ1) is 9.16. The Hall–Kier alpha value is -1.49. The number of sulfone groups is 1. The van der Waals surface area contributed by atoms with Crippen LogP contribution >= 0.6 is 11.3 Å². The summed E-state index contributed by atoms with van der Waals surface area (Å²) in [6.45, 7) is 0. The summed E-state index contributed by atoms with van der Waals surface area (Å²) in [6, 6.07) is 0. The molecular weight excluding hydrogens is 317 g/mol. The third-order valence-corrected chi connectivity index (χ3v) is 4.68. The molecule has 11 heteroatoms. The molecule has 0 spiro atoms. The zero-order chi connectivity index (χ0) is 15.0. The first kappa shape index (κ1) is 14.9. The third-order valence-electron chi connectivity index (χ3n) is 2.20. The molecule has 0 radical (unpaired) electrons. The maximum Gasteiger partial charge on any atom is 0.434 e. The van der Waals surface area contributed by atoms with Gasteiger partial charge in [-0.1, -0.05) is 5.21 Å². The number of aryl methyl sites for hydroxylation is 1. The minimum atomic E-state index is -4.57. The number of nitrogens with zero attached hydrogens (tertiary/aromatic N) is 4. The number of halogens is 3. The molecular formula is C9H9F3N4O2S2. The van der Waals surface area contributed by atoms with E-state index in [1.165, 1.54) is 10.9 Å². The number of alkyl halides is 3. The van der Waals surface area contributed by atoms with Gasteiger partial charge in [-0.2, -0.15) is 13.2 Å². The van der Waals surface area contributed by atoms with Gasteiger partial charge in [0.25, 0.3) is 0 Å². The summed E-state index contributed by atoms with van der Waals surface area (Å²) < 4.78 is 62.1. The van der Waals surface area contributed by atoms with Crippen LogP contribution in [0.5, 0.6) is 0 Å². The molecule has 110 valence electrons. The Labute approximate surface area is 116 Å². The highest BCUT2D eigenvalue weighted by Crippen LogP contribution is 2.30. The zero-order valence-electron chi connectivity index (χ0n) is 10.1. The van der Waals surface area contributed by atoms with Crippen molar-refractivity contribution < 1.29 is 21.6 Å². The Bertz CT molecular complexity index is 705. The average molecular weight is 326 g/mol. The number of thiazole rings is 1. The van der Waals surface area contributed by atoms with Crippen molar-refractivity contribution in [2.24, 2.45) is 7.05 Å². The summed E-state index contributed by atoms with van der Waals surface area (Å²) in [5.74, 6) is -0.938. The molecule has 0 aromatic carbocycles. The molecule has 0 unspecified atom stereocenters. The number of hydrogen-bond acceptors (Lipinski definition) is 6. The summed E-state index contributed by atoms with van der Waals surface area (Å²) in [5.41, 5.74) is -0.840. The van der Waals surface area contributed by atoms with Crippen molar-refractivity contribution in [1.82, 2.24) is 20.0 Å². The van der Waals surface area contributed by atoms with Crippen LogP contribution in [0.15, 0.2) is 11.6 Å². The van der Waals surface area contributed by atoms with Gasteiger partial charge in [0, 0.05) is 18.6 Å². The van der Waals surface area contributed by atoms with Crippen molar-refractivity contribution >= 4 is 21.2 Å². The van der Waals surface area contributed by atoms with Crippen molar-refractivity contribution in [1.29, 1.82) is 0 Å². The molecule has 20 heavy (non-hydrogen) atoms. The molecule has 2 aromatic rings. The Morgan fingerprint density at radius 1 is 1.35 bits per heavy atom. The molecule has 0 aliphatic carbocycles. The molecule has 0 amide bonds. The van der Waals surface area contributed by atoms with E-state index >= 15 is 0 Å². The Kier molecular flexibility index (Phi) is 3.82. The number of hydrogen-bond donors (Lipinski definition) is 0. The quantitative estimate of drug-likeness (QED) is 0.849. The fourth-order valence-corrected chi connectivity index (χ4v) is 3.95. The maximum atomic E-state index is 12.4. The topological polar surface area (TPSA) is 77.7 Å². The lowest BCUT2D eigenvalue weighted by Crippen LogP contribution is -2.09. The van der Waals surface area contributed by atoms with Gasteiger partial charge in [-0.05, 0) is 0 Å². The summed E-state index contributed by atoms with van der Waals surface area (Å²) in [5, 5.41) is 7.91. The highest BCUT2D eigenvalue weighted by Gasteiger charge is 2.34. The van der Waals surface area contributed by atoms with Gasteiger partial charge in [0.1, 0.15) is 10.8 Å². The lowest BCUT2D eigenvalue weighted by atomic mass is 10.5. The lowest BCUT2D eigenvalue weighted by Gasteiger charge is -2.01. The van der Waals surface area contributed by atoms with Crippen molar-refractivity contribution in [3.63, 3.8) is 0 Å². The molecule has 2 rings (SSSR count). The van der Waals surface area contributed by atoms with Crippen LogP contribution in [0.1, 0.15) is 16.4 Å². The Morgan fingerprint density at radius 2 is 2.05 bits per heavy atom. The van der Waals surface area contributed by atoms with Gasteiger partial charge in [-0.3, -0.25) is 4.68 Å². The highest BCUT2D eigenvalue weighted by atomic mass is 32.2. The van der Waals surface area contributed by atoms with Crippen LogP contribution in [0, 0.1) is 0 Å². The molecule has 0 aliphatic rings. The van der Waals surface area contributed by atoms with E-state index < -0.39 is 27.5 Å². The molecule has 2 heterocycles. The molecule has 6 nitrogen and oxygen atoms in total. The van der Waals surface area contributed by atoms with Gasteiger partial charge in [0.15, 0.2) is 15.5 Å². The maximum absolute atomic E-state index is 12.4. The largest absolute Gasteiger partial charge is 0.434 e. The van der Waals surface area contributed by atoms with Crippen molar-refractivity contribution in [3.8, 4) is 0 Å². The van der Waals surface area contributed by atoms with Crippen LogP contribution in [0.3, 0.4) is 0 Å². The molecule has 2 aromatic heterocycles. The monoisotopic (exact) mass is 326 g/mol. The van der Waals surface area contributed by atoms with Gasteiger partial charge in [0.05, 0.1) is 11.4 Å². The molecule has 0 bridgehead atoms. The van der Waals surface area contributed by atoms with E-state index in [2.05, 4.69) is 15.3 Å².